The van der Waals surface area contributed by atoms with E-state index in [1.54, 1.807) is 0 Å². The highest BCUT2D eigenvalue weighted by atomic mass is 32.3. The summed E-state index contributed by atoms with van der Waals surface area (Å²) in [5.41, 5.74) is 5.00. The number of aromatic nitrogens is 1. The van der Waals surface area contributed by atoms with Crippen LogP contribution in [0.4, 0.5) is 0 Å². The highest BCUT2D eigenvalue weighted by Crippen LogP contribution is 2.34. The molecule has 0 atom stereocenters. The molecule has 0 spiro atoms. The number of benzene rings is 3. The monoisotopic (exact) mass is 468 g/mol. The van der Waals surface area contributed by atoms with Gasteiger partial charge in [0.25, 0.3) is 0 Å². The summed E-state index contributed by atoms with van der Waals surface area (Å²) >= 11 is 0. The molecule has 0 aliphatic heterocycles. The minimum atomic E-state index is -4.67. The Morgan fingerprint density at radius 3 is 1.82 bits per heavy atom. The standard InChI is InChI=1S/C26H28NO.H2O4S/c1-3-4-5-10-19-28-21-17-15-20(16-18-21)26-22-11-6-8-13-24(22)27(2)25-14-9-7-12-23(25)26;1-5(2,3)4/h6-9,11-18H,3-5,10,19H2,1-2H3;(H2,1,2,3,4)/q+1;. The van der Waals surface area contributed by atoms with Crippen molar-refractivity contribution < 1.29 is 26.8 Å². The molecule has 0 aliphatic rings. The fourth-order valence-corrected chi connectivity index (χ4v) is 3.98. The van der Waals surface area contributed by atoms with E-state index in [0.717, 1.165) is 18.8 Å². The number of rotatable bonds is 7. The number of aryl methyl sites for hydroxylation is 1. The van der Waals surface area contributed by atoms with Crippen LogP contribution in [0.3, 0.4) is 0 Å². The number of ether oxygens (including phenoxy) is 1. The molecule has 4 aromatic rings. The summed E-state index contributed by atoms with van der Waals surface area (Å²) in [5.74, 6) is 0.954. The molecule has 0 aliphatic carbocycles. The van der Waals surface area contributed by atoms with Crippen LogP contribution in [0.25, 0.3) is 32.9 Å². The normalized spacial score (nSPS) is 11.3. The van der Waals surface area contributed by atoms with Crippen molar-refractivity contribution in [3.8, 4) is 16.9 Å². The molecule has 2 N–H and O–H groups in total. The van der Waals surface area contributed by atoms with Crippen molar-refractivity contribution in [1.29, 1.82) is 0 Å². The number of unbranched alkanes of at least 4 members (excludes halogenated alkanes) is 3. The number of para-hydroxylation sites is 2. The molecule has 7 heteroatoms. The molecule has 33 heavy (non-hydrogen) atoms. The molecule has 1 heterocycles. The zero-order valence-electron chi connectivity index (χ0n) is 18.9. The predicted molar refractivity (Wildman–Crippen MR) is 132 cm³/mol. The maximum Gasteiger partial charge on any atom is 0.394 e. The minimum Gasteiger partial charge on any atom is -0.494 e. The summed E-state index contributed by atoms with van der Waals surface area (Å²) in [4.78, 5) is 0. The minimum absolute atomic E-state index is 0.798. The van der Waals surface area contributed by atoms with Crippen LogP contribution in [0, 0.1) is 0 Å². The van der Waals surface area contributed by atoms with Gasteiger partial charge in [-0.2, -0.15) is 13.0 Å². The Kier molecular flexibility index (Phi) is 8.38. The Hall–Kier alpha value is -3.00. The first kappa shape index (κ1) is 24.6. The molecule has 6 nitrogen and oxygen atoms in total. The average Bonchev–Trinajstić information content (AvgIpc) is 2.79. The van der Waals surface area contributed by atoms with Gasteiger partial charge in [0, 0.05) is 17.7 Å². The van der Waals surface area contributed by atoms with Crippen molar-refractivity contribution >= 4 is 32.2 Å². The summed E-state index contributed by atoms with van der Waals surface area (Å²) in [6.45, 7) is 3.03. The number of hydrogen-bond donors (Lipinski definition) is 2. The lowest BCUT2D eigenvalue weighted by Gasteiger charge is -2.11. The second-order valence-electron chi connectivity index (χ2n) is 7.85. The number of fused-ring (bicyclic) bond motifs is 2. The van der Waals surface area contributed by atoms with Gasteiger partial charge >= 0.3 is 10.4 Å². The molecule has 0 unspecified atom stereocenters. The van der Waals surface area contributed by atoms with Gasteiger partial charge in [-0.3, -0.25) is 9.11 Å². The molecule has 1 aromatic heterocycles. The molecular formula is C26H30NO5S+. The fourth-order valence-electron chi connectivity index (χ4n) is 3.98. The summed E-state index contributed by atoms with van der Waals surface area (Å²) in [5, 5.41) is 2.55. The predicted octanol–water partition coefficient (Wildman–Crippen LogP) is 5.79. The van der Waals surface area contributed by atoms with Crippen LogP contribution in [0.1, 0.15) is 32.6 Å². The lowest BCUT2D eigenvalue weighted by molar-refractivity contribution is -0.617. The van der Waals surface area contributed by atoms with Crippen molar-refractivity contribution in [3.05, 3.63) is 72.8 Å². The molecule has 0 amide bonds. The van der Waals surface area contributed by atoms with Gasteiger partial charge in [-0.15, -0.1) is 0 Å². The molecule has 3 aromatic carbocycles. The topological polar surface area (TPSA) is 87.7 Å². The summed E-state index contributed by atoms with van der Waals surface area (Å²) in [6.07, 6.45) is 4.91. The van der Waals surface area contributed by atoms with Gasteiger partial charge in [0.1, 0.15) is 12.8 Å². The smallest absolute Gasteiger partial charge is 0.394 e. The molecule has 0 saturated carbocycles. The van der Waals surface area contributed by atoms with Crippen LogP contribution >= 0.6 is 0 Å². The number of hydrogen-bond acceptors (Lipinski definition) is 3. The van der Waals surface area contributed by atoms with Crippen molar-refractivity contribution in [2.24, 2.45) is 7.05 Å². The Bertz CT molecular complexity index is 1250. The second kappa shape index (κ2) is 11.2. The van der Waals surface area contributed by atoms with Gasteiger partial charge in [0.2, 0.25) is 11.0 Å². The molecule has 0 fully saturated rings. The van der Waals surface area contributed by atoms with Crippen LogP contribution in [-0.2, 0) is 17.4 Å². The highest BCUT2D eigenvalue weighted by molar-refractivity contribution is 7.79. The third-order valence-corrected chi connectivity index (χ3v) is 5.48. The summed E-state index contributed by atoms with van der Waals surface area (Å²) < 4.78 is 39.8. The molecule has 4 rings (SSSR count). The van der Waals surface area contributed by atoms with Gasteiger partial charge < -0.3 is 4.74 Å². The van der Waals surface area contributed by atoms with Gasteiger partial charge in [-0.1, -0.05) is 62.6 Å². The number of nitrogens with zero attached hydrogens (tertiary/aromatic N) is 1. The van der Waals surface area contributed by atoms with E-state index in [0.29, 0.717) is 0 Å². The maximum atomic E-state index is 8.74. The highest BCUT2D eigenvalue weighted by Gasteiger charge is 2.18. The van der Waals surface area contributed by atoms with Gasteiger partial charge in [0.05, 0.1) is 17.4 Å². The van der Waals surface area contributed by atoms with Crippen molar-refractivity contribution in [1.82, 2.24) is 0 Å². The summed E-state index contributed by atoms with van der Waals surface area (Å²) in [6, 6.07) is 25.9. The van der Waals surface area contributed by atoms with E-state index in [2.05, 4.69) is 91.3 Å². The fraction of sp³-hybridized carbons (Fsp3) is 0.269. The first-order chi connectivity index (χ1) is 15.8. The zero-order chi connectivity index (χ0) is 23.8. The quantitative estimate of drug-likeness (QED) is 0.155. The van der Waals surface area contributed by atoms with Crippen LogP contribution < -0.4 is 9.30 Å². The van der Waals surface area contributed by atoms with Gasteiger partial charge in [-0.05, 0) is 36.2 Å². The SMILES string of the molecule is CCCCCCOc1ccc(-c2c3ccccc3[n+](C)c3ccccc23)cc1.O=S(=O)(O)O. The Labute approximate surface area is 195 Å². The first-order valence-corrected chi connectivity index (χ1v) is 12.4. The maximum absolute atomic E-state index is 8.74. The van der Waals surface area contributed by atoms with Gasteiger partial charge in [-0.25, -0.2) is 0 Å². The van der Waals surface area contributed by atoms with E-state index in [9.17, 15) is 0 Å². The van der Waals surface area contributed by atoms with Crippen LogP contribution in [0.2, 0.25) is 0 Å². The lowest BCUT2D eigenvalue weighted by atomic mass is 9.96. The zero-order valence-corrected chi connectivity index (χ0v) is 19.8. The van der Waals surface area contributed by atoms with Crippen LogP contribution in [0.5, 0.6) is 5.75 Å². The first-order valence-electron chi connectivity index (χ1n) is 11.0. The second-order valence-corrected chi connectivity index (χ2v) is 8.75. The van der Waals surface area contributed by atoms with Crippen molar-refractivity contribution in [2.45, 2.75) is 32.6 Å². The molecule has 0 bridgehead atoms. The van der Waals surface area contributed by atoms with Gasteiger partial charge in [0.15, 0.2) is 0 Å². The third-order valence-electron chi connectivity index (χ3n) is 5.48. The van der Waals surface area contributed by atoms with E-state index in [1.807, 2.05) is 0 Å². The Morgan fingerprint density at radius 2 is 1.30 bits per heavy atom. The van der Waals surface area contributed by atoms with E-state index in [1.165, 1.54) is 52.2 Å². The average molecular weight is 469 g/mol. The van der Waals surface area contributed by atoms with Crippen molar-refractivity contribution in [2.75, 3.05) is 6.61 Å². The molecular weight excluding hydrogens is 438 g/mol. The van der Waals surface area contributed by atoms with E-state index in [4.69, 9.17) is 22.3 Å². The number of pyridine rings is 1. The third kappa shape index (κ3) is 6.74. The van der Waals surface area contributed by atoms with Crippen LogP contribution in [0.15, 0.2) is 72.8 Å². The summed E-state index contributed by atoms with van der Waals surface area (Å²) in [7, 11) is -2.52. The molecule has 0 saturated heterocycles. The van der Waals surface area contributed by atoms with Crippen molar-refractivity contribution in [3.63, 3.8) is 0 Å². The Balaban J connectivity index is 0.000000555. The molecule has 174 valence electrons. The van der Waals surface area contributed by atoms with E-state index >= 15 is 0 Å². The largest absolute Gasteiger partial charge is 0.494 e. The van der Waals surface area contributed by atoms with E-state index < -0.39 is 10.4 Å². The van der Waals surface area contributed by atoms with Crippen LogP contribution in [-0.4, -0.2) is 24.1 Å². The van der Waals surface area contributed by atoms with E-state index in [-0.39, 0.29) is 0 Å². The Morgan fingerprint density at radius 1 is 0.788 bits per heavy atom. The lowest BCUT2D eigenvalue weighted by Crippen LogP contribution is -2.30. The molecule has 0 radical (unpaired) electrons.